The zero-order chi connectivity index (χ0) is 20.5. The van der Waals surface area contributed by atoms with Gasteiger partial charge in [-0.15, -0.1) is 0 Å². The largest absolute Gasteiger partial charge is 0.496 e. The normalized spacial score (nSPS) is 13.8. The summed E-state index contributed by atoms with van der Waals surface area (Å²) in [5.41, 5.74) is 4.67. The molecule has 1 aromatic carbocycles. The van der Waals surface area contributed by atoms with Crippen LogP contribution < -0.4 is 4.74 Å². The van der Waals surface area contributed by atoms with Crippen LogP contribution >= 0.6 is 0 Å². The summed E-state index contributed by atoms with van der Waals surface area (Å²) in [6.45, 7) is 2.86. The number of hydrogen-bond acceptors (Lipinski definition) is 5. The molecule has 29 heavy (non-hydrogen) atoms. The van der Waals surface area contributed by atoms with Gasteiger partial charge in [-0.2, -0.15) is 0 Å². The Kier molecular flexibility index (Phi) is 5.28. The number of methoxy groups -OCH3 is 1. The van der Waals surface area contributed by atoms with E-state index in [9.17, 15) is 4.79 Å². The molecule has 1 aliphatic rings. The van der Waals surface area contributed by atoms with E-state index in [1.807, 2.05) is 45.4 Å². The fourth-order valence-corrected chi connectivity index (χ4v) is 3.94. The molecule has 0 radical (unpaired) electrons. The maximum atomic E-state index is 13.0. The third-order valence-electron chi connectivity index (χ3n) is 5.26. The molecular weight excluding hydrogens is 366 g/mol. The van der Waals surface area contributed by atoms with Crippen molar-refractivity contribution in [2.45, 2.75) is 32.4 Å². The number of pyridine rings is 1. The molecule has 4 rings (SSSR count). The van der Waals surface area contributed by atoms with Crippen molar-refractivity contribution in [2.24, 2.45) is 0 Å². The molecule has 1 aliphatic carbocycles. The second kappa shape index (κ2) is 7.87. The summed E-state index contributed by atoms with van der Waals surface area (Å²) in [5.74, 6) is 0.449. The maximum absolute atomic E-state index is 13.0. The fourth-order valence-electron chi connectivity index (χ4n) is 3.94. The molecule has 152 valence electrons. The van der Waals surface area contributed by atoms with Gasteiger partial charge < -0.3 is 18.9 Å². The van der Waals surface area contributed by atoms with E-state index in [4.69, 9.17) is 9.47 Å². The summed E-state index contributed by atoms with van der Waals surface area (Å²) < 4.78 is 13.5. The van der Waals surface area contributed by atoms with Gasteiger partial charge in [-0.05, 0) is 52.1 Å². The van der Waals surface area contributed by atoms with Gasteiger partial charge in [0.05, 0.1) is 24.8 Å². The third kappa shape index (κ3) is 3.60. The number of hydrogen-bond donors (Lipinski definition) is 0. The average Bonchev–Trinajstić information content (AvgIpc) is 3.49. The van der Waals surface area contributed by atoms with Crippen LogP contribution in [0, 0.1) is 0 Å². The summed E-state index contributed by atoms with van der Waals surface area (Å²) >= 11 is 0. The SMILES string of the molecule is CCOC(=O)c1c(CN(C)C)n(C2CC2)c2cc(-c3cccnc3)c(OC)cc12. The lowest BCUT2D eigenvalue weighted by atomic mass is 10.0. The monoisotopic (exact) mass is 393 g/mol. The lowest BCUT2D eigenvalue weighted by molar-refractivity contribution is 0.0526. The molecule has 0 aliphatic heterocycles. The van der Waals surface area contributed by atoms with Crippen LogP contribution in [0.4, 0.5) is 0 Å². The van der Waals surface area contributed by atoms with Gasteiger partial charge in [0.25, 0.3) is 0 Å². The first-order valence-electron chi connectivity index (χ1n) is 10.0. The number of benzene rings is 1. The molecule has 0 amide bonds. The molecule has 0 bridgehead atoms. The highest BCUT2D eigenvalue weighted by Crippen LogP contribution is 2.44. The minimum absolute atomic E-state index is 0.273. The zero-order valence-corrected chi connectivity index (χ0v) is 17.4. The molecule has 3 aromatic rings. The predicted octanol–water partition coefficient (Wildman–Crippen LogP) is 4.29. The van der Waals surface area contributed by atoms with E-state index in [0.717, 1.165) is 46.3 Å². The lowest BCUT2D eigenvalue weighted by Gasteiger charge is -2.15. The molecule has 1 fully saturated rings. The van der Waals surface area contributed by atoms with Crippen LogP contribution in [-0.2, 0) is 11.3 Å². The average molecular weight is 393 g/mol. The van der Waals surface area contributed by atoms with Crippen molar-refractivity contribution in [1.82, 2.24) is 14.5 Å². The Bertz CT molecular complexity index is 1040. The molecule has 6 heteroatoms. The smallest absolute Gasteiger partial charge is 0.340 e. The molecule has 0 atom stereocenters. The first-order valence-corrected chi connectivity index (χ1v) is 10.0. The molecule has 1 saturated carbocycles. The van der Waals surface area contributed by atoms with Crippen molar-refractivity contribution < 1.29 is 14.3 Å². The minimum Gasteiger partial charge on any atom is -0.496 e. The van der Waals surface area contributed by atoms with Crippen molar-refractivity contribution in [1.29, 1.82) is 0 Å². The van der Waals surface area contributed by atoms with Gasteiger partial charge in [-0.1, -0.05) is 6.07 Å². The number of aromatic nitrogens is 2. The summed E-state index contributed by atoms with van der Waals surface area (Å²) in [6.07, 6.45) is 5.85. The van der Waals surface area contributed by atoms with Crippen LogP contribution in [0.1, 0.15) is 41.9 Å². The second-order valence-electron chi connectivity index (χ2n) is 7.69. The van der Waals surface area contributed by atoms with E-state index < -0.39 is 0 Å². The highest BCUT2D eigenvalue weighted by Gasteiger charge is 2.33. The molecule has 0 N–H and O–H groups in total. The number of ether oxygens (including phenoxy) is 2. The Morgan fingerprint density at radius 3 is 2.69 bits per heavy atom. The second-order valence-corrected chi connectivity index (χ2v) is 7.69. The van der Waals surface area contributed by atoms with Gasteiger partial charge in [0, 0.05) is 47.2 Å². The molecule has 2 aromatic heterocycles. The van der Waals surface area contributed by atoms with Crippen LogP contribution in [-0.4, -0.2) is 48.2 Å². The first-order chi connectivity index (χ1) is 14.0. The first kappa shape index (κ1) is 19.5. The van der Waals surface area contributed by atoms with Gasteiger partial charge in [0.2, 0.25) is 0 Å². The van der Waals surface area contributed by atoms with E-state index in [0.29, 0.717) is 24.8 Å². The molecule has 6 nitrogen and oxygen atoms in total. The van der Waals surface area contributed by atoms with Crippen LogP contribution in [0.25, 0.3) is 22.0 Å². The Morgan fingerprint density at radius 1 is 1.31 bits per heavy atom. The topological polar surface area (TPSA) is 56.6 Å². The summed E-state index contributed by atoms with van der Waals surface area (Å²) in [7, 11) is 5.70. The van der Waals surface area contributed by atoms with Crippen LogP contribution in [0.3, 0.4) is 0 Å². The quantitative estimate of drug-likeness (QED) is 0.561. The maximum Gasteiger partial charge on any atom is 0.340 e. The lowest BCUT2D eigenvalue weighted by Crippen LogP contribution is -2.18. The van der Waals surface area contributed by atoms with E-state index in [1.165, 1.54) is 0 Å². The predicted molar refractivity (Wildman–Crippen MR) is 113 cm³/mol. The molecule has 2 heterocycles. The van der Waals surface area contributed by atoms with Crippen molar-refractivity contribution in [3.05, 3.63) is 47.9 Å². The van der Waals surface area contributed by atoms with E-state index in [2.05, 4.69) is 20.5 Å². The molecule has 0 saturated heterocycles. The van der Waals surface area contributed by atoms with Gasteiger partial charge in [-0.3, -0.25) is 4.98 Å². The van der Waals surface area contributed by atoms with Crippen molar-refractivity contribution >= 4 is 16.9 Å². The van der Waals surface area contributed by atoms with Gasteiger partial charge in [0.1, 0.15) is 5.75 Å². The highest BCUT2D eigenvalue weighted by atomic mass is 16.5. The van der Waals surface area contributed by atoms with E-state index >= 15 is 0 Å². The molecular formula is C23H27N3O3. The van der Waals surface area contributed by atoms with Crippen molar-refractivity contribution in [3.8, 4) is 16.9 Å². The Labute approximate surface area is 171 Å². The molecule has 0 unspecified atom stereocenters. The van der Waals surface area contributed by atoms with Gasteiger partial charge >= 0.3 is 5.97 Å². The number of fused-ring (bicyclic) bond motifs is 1. The van der Waals surface area contributed by atoms with Crippen molar-refractivity contribution in [2.75, 3.05) is 27.8 Å². The fraction of sp³-hybridized carbons (Fsp3) is 0.391. The number of carbonyl (C=O) groups excluding carboxylic acids is 1. The van der Waals surface area contributed by atoms with Gasteiger partial charge in [0.15, 0.2) is 0 Å². The number of esters is 1. The Balaban J connectivity index is 2.03. The van der Waals surface area contributed by atoms with Crippen LogP contribution in [0.5, 0.6) is 5.75 Å². The van der Waals surface area contributed by atoms with E-state index in [1.54, 1.807) is 13.3 Å². The number of carbonyl (C=O) groups is 1. The number of nitrogens with zero attached hydrogens (tertiary/aromatic N) is 3. The van der Waals surface area contributed by atoms with E-state index in [-0.39, 0.29) is 5.97 Å². The standard InChI is InChI=1S/C23H27N3O3/c1-5-29-23(27)22-18-12-21(28-4)17(15-7-6-10-24-13-15)11-19(18)26(16-8-9-16)20(22)14-25(2)3/h6-7,10-13,16H,5,8-9,14H2,1-4H3. The third-order valence-corrected chi connectivity index (χ3v) is 5.26. The van der Waals surface area contributed by atoms with Crippen LogP contribution in [0.2, 0.25) is 0 Å². The zero-order valence-electron chi connectivity index (χ0n) is 17.4. The summed E-state index contributed by atoms with van der Waals surface area (Å²) in [5, 5.41) is 0.886. The highest BCUT2D eigenvalue weighted by molar-refractivity contribution is 6.07. The Hall–Kier alpha value is -2.86. The number of rotatable bonds is 7. The molecule has 0 spiro atoms. The minimum atomic E-state index is -0.273. The van der Waals surface area contributed by atoms with Gasteiger partial charge in [-0.25, -0.2) is 4.79 Å². The van der Waals surface area contributed by atoms with Crippen molar-refractivity contribution in [3.63, 3.8) is 0 Å². The summed E-state index contributed by atoms with van der Waals surface area (Å²) in [6, 6.07) is 8.47. The van der Waals surface area contributed by atoms with Crippen LogP contribution in [0.15, 0.2) is 36.7 Å². The summed E-state index contributed by atoms with van der Waals surface area (Å²) in [4.78, 5) is 19.3. The Morgan fingerprint density at radius 2 is 2.10 bits per heavy atom.